The Hall–Kier alpha value is -1.91. The van der Waals surface area contributed by atoms with Crippen molar-refractivity contribution in [3.63, 3.8) is 0 Å². The molecular formula is C21H32N2O3. The first-order chi connectivity index (χ1) is 12.6. The lowest BCUT2D eigenvalue weighted by Gasteiger charge is -2.32. The van der Waals surface area contributed by atoms with E-state index in [0.717, 1.165) is 37.2 Å². The third-order valence-electron chi connectivity index (χ3n) is 5.38. The van der Waals surface area contributed by atoms with Crippen molar-refractivity contribution >= 4 is 11.9 Å². The zero-order valence-corrected chi connectivity index (χ0v) is 16.2. The van der Waals surface area contributed by atoms with Crippen LogP contribution in [0.25, 0.3) is 0 Å². The first-order valence-electron chi connectivity index (χ1n) is 9.88. The van der Waals surface area contributed by atoms with E-state index in [0.29, 0.717) is 13.1 Å². The number of unbranched alkanes of at least 4 members (excludes halogenated alkanes) is 1. The number of nitrogens with zero attached hydrogens (tertiary/aromatic N) is 2. The van der Waals surface area contributed by atoms with E-state index in [2.05, 4.69) is 11.9 Å². The average Bonchev–Trinajstić information content (AvgIpc) is 2.69. The van der Waals surface area contributed by atoms with Gasteiger partial charge < -0.3 is 9.64 Å². The van der Waals surface area contributed by atoms with Crippen LogP contribution in [0.1, 0.15) is 63.9 Å². The minimum Gasteiger partial charge on any atom is -0.469 e. The summed E-state index contributed by atoms with van der Waals surface area (Å²) in [6.45, 7) is 3.13. The Bertz CT molecular complexity index is 554. The highest BCUT2D eigenvalue weighted by Crippen LogP contribution is 2.33. The van der Waals surface area contributed by atoms with Crippen molar-refractivity contribution in [1.29, 1.82) is 0 Å². The highest BCUT2D eigenvalue weighted by Gasteiger charge is 2.29. The summed E-state index contributed by atoms with van der Waals surface area (Å²) in [5, 5.41) is 0. The Balaban J connectivity index is 1.95. The smallest absolute Gasteiger partial charge is 0.307 e. The number of aromatic nitrogens is 1. The molecule has 0 unspecified atom stereocenters. The van der Waals surface area contributed by atoms with Crippen LogP contribution in [0.5, 0.6) is 0 Å². The Morgan fingerprint density at radius 1 is 1.27 bits per heavy atom. The highest BCUT2D eigenvalue weighted by molar-refractivity contribution is 5.79. The molecule has 1 aliphatic carbocycles. The lowest BCUT2D eigenvalue weighted by molar-refractivity contribution is -0.143. The number of methoxy groups -OCH3 is 1. The number of esters is 1. The van der Waals surface area contributed by atoms with Gasteiger partial charge in [-0.3, -0.25) is 14.6 Å². The monoisotopic (exact) mass is 360 g/mol. The van der Waals surface area contributed by atoms with Gasteiger partial charge in [0.1, 0.15) is 0 Å². The molecule has 1 aliphatic rings. The number of hydrogen-bond donors (Lipinski definition) is 0. The van der Waals surface area contributed by atoms with Crippen molar-refractivity contribution in [3.8, 4) is 0 Å². The highest BCUT2D eigenvalue weighted by atomic mass is 16.5. The summed E-state index contributed by atoms with van der Waals surface area (Å²) in [5.41, 5.74) is 0.988. The first-order valence-corrected chi connectivity index (χ1v) is 9.88. The zero-order chi connectivity index (χ0) is 18.8. The fraction of sp³-hybridized carbons (Fsp3) is 0.667. The topological polar surface area (TPSA) is 59.5 Å². The predicted octanol–water partition coefficient (Wildman–Crippen LogP) is 3.97. The number of rotatable bonds is 9. The van der Waals surface area contributed by atoms with Crippen LogP contribution in [-0.4, -0.2) is 35.4 Å². The quantitative estimate of drug-likeness (QED) is 0.625. The van der Waals surface area contributed by atoms with Gasteiger partial charge in [-0.05, 0) is 43.2 Å². The van der Waals surface area contributed by atoms with Crippen molar-refractivity contribution in [2.45, 2.75) is 64.8 Å². The van der Waals surface area contributed by atoms with Crippen LogP contribution < -0.4 is 0 Å². The van der Waals surface area contributed by atoms with Crippen LogP contribution in [0.15, 0.2) is 24.5 Å². The van der Waals surface area contributed by atoms with E-state index < -0.39 is 0 Å². The maximum absolute atomic E-state index is 13.1. The molecule has 1 saturated carbocycles. The second-order valence-corrected chi connectivity index (χ2v) is 7.31. The van der Waals surface area contributed by atoms with Crippen molar-refractivity contribution in [2.24, 2.45) is 11.8 Å². The van der Waals surface area contributed by atoms with Crippen LogP contribution in [0.4, 0.5) is 0 Å². The third-order valence-corrected chi connectivity index (χ3v) is 5.38. The average molecular weight is 360 g/mol. The Labute approximate surface area is 157 Å². The van der Waals surface area contributed by atoms with Gasteiger partial charge in [-0.15, -0.1) is 0 Å². The molecule has 2 rings (SSSR count). The molecule has 0 bridgehead atoms. The summed E-state index contributed by atoms with van der Waals surface area (Å²) in [7, 11) is 1.38. The van der Waals surface area contributed by atoms with Crippen LogP contribution in [0.2, 0.25) is 0 Å². The fourth-order valence-electron chi connectivity index (χ4n) is 3.76. The number of carbonyl (C=O) groups excluding carboxylic acids is 2. The minimum atomic E-state index is -0.280. The second-order valence-electron chi connectivity index (χ2n) is 7.31. The maximum Gasteiger partial charge on any atom is 0.307 e. The van der Waals surface area contributed by atoms with E-state index in [9.17, 15) is 9.59 Å². The molecule has 1 aromatic heterocycles. The van der Waals surface area contributed by atoms with E-state index in [1.807, 2.05) is 17.0 Å². The molecule has 0 aromatic carbocycles. The van der Waals surface area contributed by atoms with Gasteiger partial charge in [0.15, 0.2) is 0 Å². The molecule has 0 N–H and O–H groups in total. The van der Waals surface area contributed by atoms with E-state index in [1.165, 1.54) is 26.4 Å². The molecule has 0 saturated heterocycles. The number of pyridine rings is 1. The molecule has 1 fully saturated rings. The second kappa shape index (κ2) is 10.9. The first kappa shape index (κ1) is 20.4. The number of hydrogen-bond acceptors (Lipinski definition) is 4. The number of carbonyl (C=O) groups is 2. The van der Waals surface area contributed by atoms with Gasteiger partial charge in [0, 0.05) is 31.4 Å². The molecular weight excluding hydrogens is 328 g/mol. The van der Waals surface area contributed by atoms with Crippen LogP contribution in [-0.2, 0) is 20.9 Å². The van der Waals surface area contributed by atoms with E-state index in [-0.39, 0.29) is 24.2 Å². The van der Waals surface area contributed by atoms with Crippen molar-refractivity contribution in [3.05, 3.63) is 30.1 Å². The Kier molecular flexibility index (Phi) is 8.59. The molecule has 1 heterocycles. The molecule has 0 spiro atoms. The Morgan fingerprint density at radius 2 is 2.04 bits per heavy atom. The van der Waals surface area contributed by atoms with E-state index >= 15 is 0 Å². The SMILES string of the molecule is CCCCC1CCC(C(=O)N(CCC(=O)OC)Cc2cccnc2)CC1. The van der Waals surface area contributed by atoms with Crippen molar-refractivity contribution in [1.82, 2.24) is 9.88 Å². The van der Waals surface area contributed by atoms with Crippen LogP contribution in [0.3, 0.4) is 0 Å². The van der Waals surface area contributed by atoms with Crippen LogP contribution >= 0.6 is 0 Å². The van der Waals surface area contributed by atoms with Gasteiger partial charge in [-0.25, -0.2) is 0 Å². The summed E-state index contributed by atoms with van der Waals surface area (Å²) in [5.74, 6) is 0.756. The van der Waals surface area contributed by atoms with Gasteiger partial charge in [-0.2, -0.15) is 0 Å². The standard InChI is InChI=1S/C21H32N2O3/c1-3-4-6-17-8-10-19(11-9-17)21(25)23(14-12-20(24)26-2)16-18-7-5-13-22-15-18/h5,7,13,15,17,19H,3-4,6,8-12,14,16H2,1-2H3. The lowest BCUT2D eigenvalue weighted by Crippen LogP contribution is -2.38. The van der Waals surface area contributed by atoms with E-state index in [4.69, 9.17) is 4.74 Å². The molecule has 144 valence electrons. The third kappa shape index (κ3) is 6.43. The molecule has 5 nitrogen and oxygen atoms in total. The van der Waals surface area contributed by atoms with Gasteiger partial charge in [0.2, 0.25) is 5.91 Å². The maximum atomic E-state index is 13.1. The molecule has 0 atom stereocenters. The summed E-state index contributed by atoms with van der Waals surface area (Å²) in [4.78, 5) is 30.6. The summed E-state index contributed by atoms with van der Waals surface area (Å²) >= 11 is 0. The number of amides is 1. The number of ether oxygens (including phenoxy) is 1. The minimum absolute atomic E-state index is 0.0854. The molecule has 26 heavy (non-hydrogen) atoms. The lowest BCUT2D eigenvalue weighted by atomic mass is 9.79. The van der Waals surface area contributed by atoms with Gasteiger partial charge in [0.25, 0.3) is 0 Å². The largest absolute Gasteiger partial charge is 0.469 e. The predicted molar refractivity (Wildman–Crippen MR) is 101 cm³/mol. The molecule has 0 aliphatic heterocycles. The Morgan fingerprint density at radius 3 is 2.65 bits per heavy atom. The van der Waals surface area contributed by atoms with Crippen molar-refractivity contribution in [2.75, 3.05) is 13.7 Å². The summed E-state index contributed by atoms with van der Waals surface area (Å²) in [6.07, 6.45) is 11.8. The molecule has 0 radical (unpaired) electrons. The molecule has 1 amide bonds. The fourth-order valence-corrected chi connectivity index (χ4v) is 3.76. The van der Waals surface area contributed by atoms with Crippen LogP contribution in [0, 0.1) is 11.8 Å². The normalized spacial score (nSPS) is 19.8. The van der Waals surface area contributed by atoms with Gasteiger partial charge >= 0.3 is 5.97 Å². The van der Waals surface area contributed by atoms with Crippen molar-refractivity contribution < 1.29 is 14.3 Å². The molecule has 5 heteroatoms. The molecule has 1 aromatic rings. The summed E-state index contributed by atoms with van der Waals surface area (Å²) in [6, 6.07) is 3.84. The summed E-state index contributed by atoms with van der Waals surface area (Å²) < 4.78 is 4.74. The van der Waals surface area contributed by atoms with E-state index in [1.54, 1.807) is 12.4 Å². The van der Waals surface area contributed by atoms with Gasteiger partial charge in [0.05, 0.1) is 13.5 Å². The van der Waals surface area contributed by atoms with Gasteiger partial charge in [-0.1, -0.05) is 32.3 Å². The zero-order valence-electron chi connectivity index (χ0n) is 16.2.